The Balaban J connectivity index is 2.50. The van der Waals surface area contributed by atoms with Crippen molar-refractivity contribution in [1.29, 1.82) is 0 Å². The van der Waals surface area contributed by atoms with Gasteiger partial charge in [-0.3, -0.25) is 0 Å². The van der Waals surface area contributed by atoms with Crippen LogP contribution in [0.1, 0.15) is 0 Å². The van der Waals surface area contributed by atoms with Gasteiger partial charge in [0.1, 0.15) is 0 Å². The van der Waals surface area contributed by atoms with E-state index >= 15 is 0 Å². The Labute approximate surface area is 95.5 Å². The first-order valence-corrected chi connectivity index (χ1v) is 9.73. The first-order valence-electron chi connectivity index (χ1n) is 4.62. The molecule has 0 saturated heterocycles. The molecule has 0 unspecified atom stereocenters. The normalized spacial score (nSPS) is 11.3. The molecule has 0 N–H and O–H groups in total. The van der Waals surface area contributed by atoms with Gasteiger partial charge in [0, 0.05) is 0 Å². The molecule has 0 heterocycles. The molecule has 0 amide bonds. The van der Waals surface area contributed by atoms with E-state index in [4.69, 9.17) is 9.95 Å². The summed E-state index contributed by atoms with van der Waals surface area (Å²) in [6.45, 7) is 0. The molecule has 0 aliphatic rings. The van der Waals surface area contributed by atoms with Crippen LogP contribution in [-0.2, 0) is 3.74 Å². The monoisotopic (exact) mass is 280 g/mol. The van der Waals surface area contributed by atoms with Crippen LogP contribution in [0.4, 0.5) is 0 Å². The van der Waals surface area contributed by atoms with Gasteiger partial charge in [-0.05, 0) is 0 Å². The van der Waals surface area contributed by atoms with Gasteiger partial charge in [0.05, 0.1) is 0 Å². The molecule has 0 spiro atoms. The van der Waals surface area contributed by atoms with E-state index in [0.717, 1.165) is 8.70 Å². The quantitative estimate of drug-likeness (QED) is 0.768. The fraction of sp³-hybridized carbons (Fsp3) is 0. The standard InChI is InChI=1S/C12H10AsClO/c14-13(15,11-7-3-1-4-8-11)12-9-5-2-6-10-12/h1-10H. The number of halogens is 1. The van der Waals surface area contributed by atoms with Crippen LogP contribution in [0.5, 0.6) is 0 Å². The Morgan fingerprint density at radius 1 is 0.733 bits per heavy atom. The van der Waals surface area contributed by atoms with Crippen molar-refractivity contribution >= 4 is 31.2 Å². The summed E-state index contributed by atoms with van der Waals surface area (Å²) in [5.41, 5.74) is 0. The molecule has 0 aliphatic heterocycles. The van der Waals surface area contributed by atoms with Gasteiger partial charge in [-0.1, -0.05) is 0 Å². The second kappa shape index (κ2) is 4.30. The summed E-state index contributed by atoms with van der Waals surface area (Å²) < 4.78 is 13.9. The zero-order valence-electron chi connectivity index (χ0n) is 8.01. The molecule has 76 valence electrons. The molecule has 0 fully saturated rings. The fourth-order valence-corrected chi connectivity index (χ4v) is 5.52. The van der Waals surface area contributed by atoms with Gasteiger partial charge in [-0.15, -0.1) is 0 Å². The molecule has 0 aliphatic carbocycles. The van der Waals surface area contributed by atoms with Gasteiger partial charge in [0.2, 0.25) is 0 Å². The van der Waals surface area contributed by atoms with Crippen molar-refractivity contribution in [2.75, 3.05) is 0 Å². The predicted molar refractivity (Wildman–Crippen MR) is 64.4 cm³/mol. The van der Waals surface area contributed by atoms with Crippen molar-refractivity contribution in [3.8, 4) is 0 Å². The number of hydrogen-bond acceptors (Lipinski definition) is 1. The molecule has 2 aromatic rings. The first kappa shape index (κ1) is 10.6. The Morgan fingerprint density at radius 3 is 1.40 bits per heavy atom. The molecular weight excluding hydrogens is 271 g/mol. The minimum absolute atomic E-state index is 0.739. The summed E-state index contributed by atoms with van der Waals surface area (Å²) in [5, 5.41) is 0. The van der Waals surface area contributed by atoms with Crippen LogP contribution < -0.4 is 8.70 Å². The molecule has 0 aromatic heterocycles. The second-order valence-corrected chi connectivity index (χ2v) is 10.1. The van der Waals surface area contributed by atoms with Gasteiger partial charge in [-0.2, -0.15) is 0 Å². The summed E-state index contributed by atoms with van der Waals surface area (Å²) in [7, 11) is 6.20. The Morgan fingerprint density at radius 2 is 1.07 bits per heavy atom. The van der Waals surface area contributed by atoms with Crippen molar-refractivity contribution in [3.63, 3.8) is 0 Å². The van der Waals surface area contributed by atoms with Crippen LogP contribution in [0.15, 0.2) is 60.7 Å². The third-order valence-electron chi connectivity index (χ3n) is 2.18. The van der Waals surface area contributed by atoms with Gasteiger partial charge in [-0.25, -0.2) is 0 Å². The summed E-state index contributed by atoms with van der Waals surface area (Å²) in [6.07, 6.45) is 0. The molecule has 0 bridgehead atoms. The molecule has 3 heteroatoms. The van der Waals surface area contributed by atoms with Crippen LogP contribution in [0.25, 0.3) is 0 Å². The number of benzene rings is 2. The molecule has 0 radical (unpaired) electrons. The van der Waals surface area contributed by atoms with Crippen LogP contribution in [0.2, 0.25) is 0 Å². The van der Waals surface area contributed by atoms with Gasteiger partial charge in [0.15, 0.2) is 0 Å². The molecule has 1 nitrogen and oxygen atoms in total. The third kappa shape index (κ3) is 2.19. The fourth-order valence-electron chi connectivity index (χ4n) is 1.39. The first-order chi connectivity index (χ1) is 7.21. The summed E-state index contributed by atoms with van der Waals surface area (Å²) >= 11 is -3.60. The Kier molecular flexibility index (Phi) is 3.04. The average Bonchev–Trinajstić information content (AvgIpc) is 2.31. The van der Waals surface area contributed by atoms with Crippen LogP contribution >= 0.6 is 9.95 Å². The summed E-state index contributed by atoms with van der Waals surface area (Å²) in [6, 6.07) is 18.5. The number of hydrogen-bond donors (Lipinski definition) is 0. The van der Waals surface area contributed by atoms with Crippen molar-refractivity contribution in [1.82, 2.24) is 0 Å². The molecule has 15 heavy (non-hydrogen) atoms. The molecule has 0 saturated carbocycles. The Hall–Kier alpha value is -0.912. The van der Waals surface area contributed by atoms with E-state index in [1.54, 1.807) is 0 Å². The zero-order chi connectivity index (χ0) is 10.7. The van der Waals surface area contributed by atoms with Crippen LogP contribution in [0, 0.1) is 0 Å². The van der Waals surface area contributed by atoms with E-state index in [-0.39, 0.29) is 0 Å². The minimum atomic E-state index is -3.60. The van der Waals surface area contributed by atoms with Crippen molar-refractivity contribution < 1.29 is 3.74 Å². The second-order valence-electron chi connectivity index (χ2n) is 3.20. The van der Waals surface area contributed by atoms with Gasteiger partial charge < -0.3 is 0 Å². The topological polar surface area (TPSA) is 17.1 Å². The van der Waals surface area contributed by atoms with E-state index in [2.05, 4.69) is 0 Å². The molecular formula is C12H10AsClO. The van der Waals surface area contributed by atoms with Crippen LogP contribution in [0.3, 0.4) is 0 Å². The van der Waals surface area contributed by atoms with E-state index < -0.39 is 12.5 Å². The molecule has 0 atom stereocenters. The van der Waals surface area contributed by atoms with Crippen molar-refractivity contribution in [2.24, 2.45) is 0 Å². The van der Waals surface area contributed by atoms with E-state index in [0.29, 0.717) is 0 Å². The zero-order valence-corrected chi connectivity index (χ0v) is 10.6. The average molecular weight is 281 g/mol. The van der Waals surface area contributed by atoms with Crippen LogP contribution in [-0.4, -0.2) is 12.5 Å². The summed E-state index contributed by atoms with van der Waals surface area (Å²) in [5.74, 6) is 0. The number of rotatable bonds is 2. The summed E-state index contributed by atoms with van der Waals surface area (Å²) in [4.78, 5) is 0. The van der Waals surface area contributed by atoms with Crippen molar-refractivity contribution in [2.45, 2.75) is 0 Å². The van der Waals surface area contributed by atoms with E-state index in [1.807, 2.05) is 60.7 Å². The van der Waals surface area contributed by atoms with E-state index in [1.165, 1.54) is 0 Å². The third-order valence-corrected chi connectivity index (χ3v) is 8.24. The molecule has 2 rings (SSSR count). The molecule has 2 aromatic carbocycles. The maximum absolute atomic E-state index is 12.4. The van der Waals surface area contributed by atoms with Gasteiger partial charge in [0.25, 0.3) is 0 Å². The predicted octanol–water partition coefficient (Wildman–Crippen LogP) is 1.91. The van der Waals surface area contributed by atoms with Crippen molar-refractivity contribution in [3.05, 3.63) is 60.7 Å². The van der Waals surface area contributed by atoms with E-state index in [9.17, 15) is 3.74 Å². The Bertz CT molecular complexity index is 438. The SMILES string of the molecule is O=[As](Cl)(c1ccccc1)c1ccccc1. The maximum atomic E-state index is 12.4. The van der Waals surface area contributed by atoms with Gasteiger partial charge >= 0.3 is 95.6 Å².